The molecule has 1 aliphatic heterocycles. The zero-order valence-corrected chi connectivity index (χ0v) is 12.2. The van der Waals surface area contributed by atoms with Crippen molar-refractivity contribution in [2.75, 3.05) is 18.0 Å². The van der Waals surface area contributed by atoms with Crippen LogP contribution in [-0.4, -0.2) is 23.1 Å². The molecule has 0 bridgehead atoms. The van der Waals surface area contributed by atoms with Crippen molar-refractivity contribution in [3.05, 3.63) is 53.9 Å². The van der Waals surface area contributed by atoms with Gasteiger partial charge in [0.25, 0.3) is 0 Å². The number of hydrogen-bond acceptors (Lipinski definition) is 3. The van der Waals surface area contributed by atoms with Crippen LogP contribution < -0.4 is 4.90 Å². The van der Waals surface area contributed by atoms with E-state index in [-0.39, 0.29) is 5.41 Å². The maximum absolute atomic E-state index is 4.57. The smallest absolute Gasteiger partial charge is 0.225 e. The number of piperidine rings is 1. The summed E-state index contributed by atoms with van der Waals surface area (Å²) in [5.41, 5.74) is 2.63. The molecule has 0 radical (unpaired) electrons. The Morgan fingerprint density at radius 3 is 2.70 bits per heavy atom. The van der Waals surface area contributed by atoms with Crippen molar-refractivity contribution in [1.82, 2.24) is 9.97 Å². The first-order valence-corrected chi connectivity index (χ1v) is 7.27. The van der Waals surface area contributed by atoms with Crippen LogP contribution in [0, 0.1) is 6.92 Å². The van der Waals surface area contributed by atoms with E-state index in [0.717, 1.165) is 24.7 Å². The van der Waals surface area contributed by atoms with Gasteiger partial charge in [-0.3, -0.25) is 0 Å². The molecular weight excluding hydrogens is 246 g/mol. The Balaban J connectivity index is 1.87. The molecule has 1 atom stereocenters. The number of anilines is 1. The zero-order valence-electron chi connectivity index (χ0n) is 12.2. The molecule has 1 fully saturated rings. The minimum absolute atomic E-state index is 0.187. The molecule has 1 unspecified atom stereocenters. The molecule has 1 aromatic carbocycles. The molecule has 0 aliphatic carbocycles. The summed E-state index contributed by atoms with van der Waals surface area (Å²) in [6.45, 7) is 6.40. The molecule has 0 N–H and O–H groups in total. The first kappa shape index (κ1) is 13.1. The Morgan fingerprint density at radius 1 is 1.15 bits per heavy atom. The molecule has 20 heavy (non-hydrogen) atoms. The van der Waals surface area contributed by atoms with Crippen molar-refractivity contribution >= 4 is 5.95 Å². The van der Waals surface area contributed by atoms with Crippen LogP contribution in [0.2, 0.25) is 0 Å². The Hall–Kier alpha value is -1.90. The number of rotatable bonds is 2. The van der Waals surface area contributed by atoms with Crippen LogP contribution >= 0.6 is 0 Å². The lowest BCUT2D eigenvalue weighted by Gasteiger charge is -2.41. The van der Waals surface area contributed by atoms with Gasteiger partial charge < -0.3 is 4.90 Å². The average molecular weight is 267 g/mol. The van der Waals surface area contributed by atoms with Crippen LogP contribution in [0.4, 0.5) is 5.95 Å². The van der Waals surface area contributed by atoms with Gasteiger partial charge in [-0.25, -0.2) is 9.97 Å². The van der Waals surface area contributed by atoms with E-state index in [2.05, 4.69) is 52.1 Å². The third-order valence-electron chi connectivity index (χ3n) is 4.23. The molecule has 0 spiro atoms. The van der Waals surface area contributed by atoms with Crippen molar-refractivity contribution in [2.45, 2.75) is 32.1 Å². The third-order valence-corrected chi connectivity index (χ3v) is 4.23. The van der Waals surface area contributed by atoms with Crippen molar-refractivity contribution in [1.29, 1.82) is 0 Å². The Kier molecular flexibility index (Phi) is 3.43. The van der Waals surface area contributed by atoms with E-state index in [0.29, 0.717) is 0 Å². The molecule has 3 rings (SSSR count). The lowest BCUT2D eigenvalue weighted by molar-refractivity contribution is 0.370. The lowest BCUT2D eigenvalue weighted by Crippen LogP contribution is -2.45. The van der Waals surface area contributed by atoms with Gasteiger partial charge in [0, 0.05) is 30.4 Å². The number of nitrogens with zero attached hydrogens (tertiary/aromatic N) is 3. The summed E-state index contributed by atoms with van der Waals surface area (Å²) in [4.78, 5) is 11.3. The van der Waals surface area contributed by atoms with E-state index in [4.69, 9.17) is 0 Å². The monoisotopic (exact) mass is 267 g/mol. The summed E-state index contributed by atoms with van der Waals surface area (Å²) in [5.74, 6) is 0.867. The van der Waals surface area contributed by atoms with Gasteiger partial charge in [0.15, 0.2) is 0 Å². The maximum atomic E-state index is 4.57. The quantitative estimate of drug-likeness (QED) is 0.835. The Morgan fingerprint density at radius 2 is 1.95 bits per heavy atom. The second-order valence-electron chi connectivity index (χ2n) is 5.95. The fraction of sp³-hybridized carbons (Fsp3) is 0.412. The normalized spacial score (nSPS) is 22.8. The van der Waals surface area contributed by atoms with E-state index in [1.807, 2.05) is 19.2 Å². The molecule has 1 aromatic heterocycles. The Bertz CT molecular complexity index is 582. The van der Waals surface area contributed by atoms with E-state index in [1.165, 1.54) is 18.4 Å². The van der Waals surface area contributed by atoms with E-state index < -0.39 is 0 Å². The van der Waals surface area contributed by atoms with Crippen molar-refractivity contribution in [3.8, 4) is 0 Å². The van der Waals surface area contributed by atoms with Gasteiger partial charge >= 0.3 is 0 Å². The molecular formula is C17H21N3. The topological polar surface area (TPSA) is 29.0 Å². The fourth-order valence-electron chi connectivity index (χ4n) is 3.07. The Labute approximate surface area is 120 Å². The summed E-state index contributed by atoms with van der Waals surface area (Å²) in [6, 6.07) is 12.8. The molecule has 2 aromatic rings. The van der Waals surface area contributed by atoms with E-state index >= 15 is 0 Å². The molecule has 0 amide bonds. The minimum atomic E-state index is 0.187. The lowest BCUT2D eigenvalue weighted by atomic mass is 9.76. The molecule has 104 valence electrons. The third kappa shape index (κ3) is 2.53. The number of aromatic nitrogens is 2. The highest BCUT2D eigenvalue weighted by Crippen LogP contribution is 2.34. The second-order valence-corrected chi connectivity index (χ2v) is 5.95. The highest BCUT2D eigenvalue weighted by atomic mass is 15.3. The maximum Gasteiger partial charge on any atom is 0.225 e. The van der Waals surface area contributed by atoms with Crippen LogP contribution in [0.3, 0.4) is 0 Å². The van der Waals surface area contributed by atoms with Gasteiger partial charge in [0.05, 0.1) is 0 Å². The summed E-state index contributed by atoms with van der Waals surface area (Å²) in [5, 5.41) is 0. The van der Waals surface area contributed by atoms with Gasteiger partial charge in [-0.05, 0) is 31.4 Å². The molecule has 0 saturated carbocycles. The molecule has 1 aliphatic rings. The summed E-state index contributed by atoms with van der Waals surface area (Å²) in [7, 11) is 0. The highest BCUT2D eigenvalue weighted by Gasteiger charge is 2.33. The van der Waals surface area contributed by atoms with Gasteiger partial charge in [-0.1, -0.05) is 37.3 Å². The van der Waals surface area contributed by atoms with Crippen LogP contribution in [-0.2, 0) is 5.41 Å². The largest absolute Gasteiger partial charge is 0.340 e. The first-order chi connectivity index (χ1) is 9.67. The first-order valence-electron chi connectivity index (χ1n) is 7.27. The molecule has 3 heteroatoms. The highest BCUT2D eigenvalue weighted by molar-refractivity contribution is 5.36. The predicted molar refractivity (Wildman–Crippen MR) is 82.0 cm³/mol. The summed E-state index contributed by atoms with van der Waals surface area (Å²) in [6.07, 6.45) is 4.26. The van der Waals surface area contributed by atoms with Crippen molar-refractivity contribution < 1.29 is 0 Å². The van der Waals surface area contributed by atoms with E-state index in [9.17, 15) is 0 Å². The minimum Gasteiger partial charge on any atom is -0.340 e. The van der Waals surface area contributed by atoms with Crippen LogP contribution in [0.1, 0.15) is 31.0 Å². The van der Waals surface area contributed by atoms with Crippen molar-refractivity contribution in [2.24, 2.45) is 0 Å². The van der Waals surface area contributed by atoms with E-state index in [1.54, 1.807) is 0 Å². The summed E-state index contributed by atoms with van der Waals surface area (Å²) < 4.78 is 0. The SMILES string of the molecule is Cc1ccnc(N2CCCC(C)(c3ccccc3)C2)n1. The summed E-state index contributed by atoms with van der Waals surface area (Å²) >= 11 is 0. The average Bonchev–Trinajstić information content (AvgIpc) is 2.48. The standard InChI is InChI=1S/C17H21N3/c1-14-9-11-18-16(19-14)20-12-6-10-17(2,13-20)15-7-4-3-5-8-15/h3-5,7-9,11H,6,10,12-13H2,1-2H3. The van der Waals surface area contributed by atoms with Gasteiger partial charge in [-0.2, -0.15) is 0 Å². The van der Waals surface area contributed by atoms with Crippen LogP contribution in [0.15, 0.2) is 42.6 Å². The van der Waals surface area contributed by atoms with Gasteiger partial charge in [0.1, 0.15) is 0 Å². The molecule has 3 nitrogen and oxygen atoms in total. The van der Waals surface area contributed by atoms with Crippen LogP contribution in [0.5, 0.6) is 0 Å². The molecule has 1 saturated heterocycles. The second kappa shape index (κ2) is 5.23. The fourth-order valence-corrected chi connectivity index (χ4v) is 3.07. The number of benzene rings is 1. The number of aryl methyl sites for hydroxylation is 1. The predicted octanol–water partition coefficient (Wildman–Crippen LogP) is 3.34. The van der Waals surface area contributed by atoms with Crippen molar-refractivity contribution in [3.63, 3.8) is 0 Å². The zero-order chi connectivity index (χ0) is 14.0. The van der Waals surface area contributed by atoms with Gasteiger partial charge in [0.2, 0.25) is 5.95 Å². The molecule has 2 heterocycles. The van der Waals surface area contributed by atoms with Gasteiger partial charge in [-0.15, -0.1) is 0 Å². The van der Waals surface area contributed by atoms with Crippen LogP contribution in [0.25, 0.3) is 0 Å². The number of hydrogen-bond donors (Lipinski definition) is 0.